The van der Waals surface area contributed by atoms with Crippen LogP contribution in [0.4, 0.5) is 0 Å². The van der Waals surface area contributed by atoms with Crippen LogP contribution in [0.5, 0.6) is 0 Å². The Morgan fingerprint density at radius 3 is 2.74 bits per heavy atom. The van der Waals surface area contributed by atoms with Crippen LogP contribution >= 0.6 is 11.8 Å². The molecule has 0 saturated carbocycles. The Bertz CT molecular complexity index is 1320. The van der Waals surface area contributed by atoms with E-state index >= 15 is 0 Å². The number of carbonyl (C=O) groups excluding carboxylic acids is 1. The maximum atomic E-state index is 13.3. The van der Waals surface area contributed by atoms with Gasteiger partial charge in [-0.2, -0.15) is 5.10 Å². The number of thioether (sulfide) groups is 1. The molecular weight excluding hydrogens is 410 g/mol. The number of hydrogen-bond acceptors (Lipinski definition) is 6. The first-order chi connectivity index (χ1) is 15.1. The zero-order chi connectivity index (χ0) is 21.6. The van der Waals surface area contributed by atoms with Crippen LogP contribution in [0.2, 0.25) is 0 Å². The molecule has 2 heterocycles. The minimum absolute atomic E-state index is 0.0566. The van der Waals surface area contributed by atoms with E-state index in [9.17, 15) is 9.59 Å². The molecule has 4 aromatic rings. The van der Waals surface area contributed by atoms with Crippen molar-refractivity contribution in [3.05, 3.63) is 94.5 Å². The predicted molar refractivity (Wildman–Crippen MR) is 123 cm³/mol. The first kappa shape index (κ1) is 20.5. The highest BCUT2D eigenvalue weighted by Crippen LogP contribution is 2.22. The summed E-state index contributed by atoms with van der Waals surface area (Å²) in [6, 6.07) is 18.4. The number of carbonyl (C=O) groups is 1. The molecule has 0 bridgehead atoms. The van der Waals surface area contributed by atoms with Crippen molar-refractivity contribution < 1.29 is 4.79 Å². The van der Waals surface area contributed by atoms with Gasteiger partial charge in [0.05, 0.1) is 28.6 Å². The molecule has 31 heavy (non-hydrogen) atoms. The summed E-state index contributed by atoms with van der Waals surface area (Å²) >= 11 is 1.19. The molecule has 0 aliphatic carbocycles. The normalized spacial score (nSPS) is 11.1. The van der Waals surface area contributed by atoms with Crippen LogP contribution < -0.4 is 11.0 Å². The van der Waals surface area contributed by atoms with Crippen LogP contribution in [-0.2, 0) is 4.79 Å². The molecule has 8 heteroatoms. The lowest BCUT2D eigenvalue weighted by Gasteiger charge is -2.14. The first-order valence-electron chi connectivity index (χ1n) is 9.56. The van der Waals surface area contributed by atoms with Crippen molar-refractivity contribution in [2.45, 2.75) is 12.1 Å². The SMILES string of the molecule is Cc1ccccc1-n1c(SCC(=O)N/N=C\c2cccnc2)nc2ccccc2c1=O. The van der Waals surface area contributed by atoms with Crippen molar-refractivity contribution in [1.82, 2.24) is 20.0 Å². The monoisotopic (exact) mass is 429 g/mol. The first-order valence-corrected chi connectivity index (χ1v) is 10.5. The number of para-hydroxylation sites is 2. The lowest BCUT2D eigenvalue weighted by molar-refractivity contribution is -0.118. The van der Waals surface area contributed by atoms with Crippen molar-refractivity contribution in [3.63, 3.8) is 0 Å². The molecule has 0 saturated heterocycles. The molecule has 2 aromatic heterocycles. The number of fused-ring (bicyclic) bond motifs is 1. The standard InChI is InChI=1S/C23H19N5O2S/c1-16-7-2-5-11-20(16)28-22(30)18-9-3-4-10-19(18)26-23(28)31-15-21(29)27-25-14-17-8-6-12-24-13-17/h2-14H,15H2,1H3,(H,27,29)/b25-14-. The van der Waals surface area contributed by atoms with Gasteiger partial charge in [-0.15, -0.1) is 0 Å². The van der Waals surface area contributed by atoms with Gasteiger partial charge in [0.15, 0.2) is 5.16 Å². The second-order valence-corrected chi connectivity index (χ2v) is 7.65. The smallest absolute Gasteiger partial charge is 0.266 e. The summed E-state index contributed by atoms with van der Waals surface area (Å²) in [5.41, 5.74) is 5.37. The molecule has 2 aromatic carbocycles. The largest absolute Gasteiger partial charge is 0.272 e. The summed E-state index contributed by atoms with van der Waals surface area (Å²) in [5.74, 6) is -0.245. The maximum Gasteiger partial charge on any atom is 0.266 e. The Morgan fingerprint density at radius 2 is 1.94 bits per heavy atom. The molecule has 0 radical (unpaired) electrons. The quantitative estimate of drug-likeness (QED) is 0.220. The number of nitrogens with one attached hydrogen (secondary N) is 1. The lowest BCUT2D eigenvalue weighted by atomic mass is 10.2. The molecule has 7 nitrogen and oxygen atoms in total. The van der Waals surface area contributed by atoms with Crippen molar-refractivity contribution in [2.75, 3.05) is 5.75 Å². The molecule has 0 aliphatic rings. The summed E-state index contributed by atoms with van der Waals surface area (Å²) in [7, 11) is 0. The van der Waals surface area contributed by atoms with Gasteiger partial charge in [0.25, 0.3) is 11.5 Å². The van der Waals surface area contributed by atoms with Crippen molar-refractivity contribution in [1.29, 1.82) is 0 Å². The Morgan fingerprint density at radius 1 is 1.13 bits per heavy atom. The number of aryl methyl sites for hydroxylation is 1. The van der Waals surface area contributed by atoms with Crippen molar-refractivity contribution >= 4 is 34.8 Å². The highest BCUT2D eigenvalue weighted by atomic mass is 32.2. The molecule has 0 atom stereocenters. The van der Waals surface area contributed by atoms with E-state index in [4.69, 9.17) is 0 Å². The Labute approximate surface area is 182 Å². The van der Waals surface area contributed by atoms with Crippen molar-refractivity contribution in [2.24, 2.45) is 5.10 Å². The minimum Gasteiger partial charge on any atom is -0.272 e. The number of hydrogen-bond donors (Lipinski definition) is 1. The number of pyridine rings is 1. The van der Waals surface area contributed by atoms with Gasteiger partial charge >= 0.3 is 0 Å². The van der Waals surface area contributed by atoms with Crippen LogP contribution in [0.3, 0.4) is 0 Å². The maximum absolute atomic E-state index is 13.3. The minimum atomic E-state index is -0.302. The topological polar surface area (TPSA) is 89.2 Å². The van der Waals surface area contributed by atoms with Gasteiger partial charge in [0.1, 0.15) is 0 Å². The fraction of sp³-hybridized carbons (Fsp3) is 0.0870. The van der Waals surface area contributed by atoms with Gasteiger partial charge in [-0.1, -0.05) is 48.2 Å². The molecular formula is C23H19N5O2S. The Hall–Kier alpha value is -3.78. The molecule has 1 N–H and O–H groups in total. The molecule has 154 valence electrons. The number of rotatable bonds is 6. The van der Waals surface area contributed by atoms with Gasteiger partial charge in [0, 0.05) is 18.0 Å². The van der Waals surface area contributed by atoms with Crippen LogP contribution in [0.25, 0.3) is 16.6 Å². The highest BCUT2D eigenvalue weighted by Gasteiger charge is 2.15. The van der Waals surface area contributed by atoms with E-state index in [1.165, 1.54) is 18.0 Å². The Kier molecular flexibility index (Phi) is 6.18. The van der Waals surface area contributed by atoms with Crippen LogP contribution in [0, 0.1) is 6.92 Å². The predicted octanol–water partition coefficient (Wildman–Crippen LogP) is 3.33. The lowest BCUT2D eigenvalue weighted by Crippen LogP contribution is -2.24. The third-order valence-electron chi connectivity index (χ3n) is 4.52. The number of nitrogens with zero attached hydrogens (tertiary/aromatic N) is 4. The molecule has 0 fully saturated rings. The van der Waals surface area contributed by atoms with Crippen LogP contribution in [-0.4, -0.2) is 32.4 Å². The fourth-order valence-corrected chi connectivity index (χ4v) is 3.83. The van der Waals surface area contributed by atoms with Gasteiger partial charge < -0.3 is 0 Å². The summed E-state index contributed by atoms with van der Waals surface area (Å²) in [6.45, 7) is 1.94. The summed E-state index contributed by atoms with van der Waals surface area (Å²) in [5, 5.41) is 4.93. The average molecular weight is 430 g/mol. The fourth-order valence-electron chi connectivity index (χ4n) is 3.03. The number of aromatic nitrogens is 3. The van der Waals surface area contributed by atoms with Gasteiger partial charge in [-0.05, 0) is 36.8 Å². The second kappa shape index (κ2) is 9.36. The third-order valence-corrected chi connectivity index (χ3v) is 5.46. The highest BCUT2D eigenvalue weighted by molar-refractivity contribution is 7.99. The second-order valence-electron chi connectivity index (χ2n) is 6.71. The molecule has 0 spiro atoms. The average Bonchev–Trinajstić information content (AvgIpc) is 2.79. The number of amides is 1. The van der Waals surface area contributed by atoms with E-state index in [1.807, 2.05) is 49.4 Å². The van der Waals surface area contributed by atoms with E-state index in [-0.39, 0.29) is 17.2 Å². The molecule has 4 rings (SSSR count). The summed E-state index contributed by atoms with van der Waals surface area (Å²) in [6.07, 6.45) is 4.83. The van der Waals surface area contributed by atoms with E-state index in [1.54, 1.807) is 35.2 Å². The molecule has 0 unspecified atom stereocenters. The van der Waals surface area contributed by atoms with Gasteiger partial charge in [0.2, 0.25) is 0 Å². The molecule has 1 amide bonds. The van der Waals surface area contributed by atoms with Gasteiger partial charge in [-0.25, -0.2) is 10.4 Å². The van der Waals surface area contributed by atoms with E-state index < -0.39 is 0 Å². The van der Waals surface area contributed by atoms with Crippen LogP contribution in [0.15, 0.2) is 88.1 Å². The number of benzene rings is 2. The zero-order valence-corrected chi connectivity index (χ0v) is 17.5. The third kappa shape index (κ3) is 4.70. The van der Waals surface area contributed by atoms with E-state index in [2.05, 4.69) is 20.5 Å². The summed E-state index contributed by atoms with van der Waals surface area (Å²) < 4.78 is 1.56. The molecule has 0 aliphatic heterocycles. The number of hydrazone groups is 1. The zero-order valence-electron chi connectivity index (χ0n) is 16.7. The Balaban J connectivity index is 1.60. The van der Waals surface area contributed by atoms with Gasteiger partial charge in [-0.3, -0.25) is 19.1 Å². The summed E-state index contributed by atoms with van der Waals surface area (Å²) in [4.78, 5) is 34.2. The van der Waals surface area contributed by atoms with Crippen molar-refractivity contribution in [3.8, 4) is 5.69 Å². The van der Waals surface area contributed by atoms with E-state index in [0.29, 0.717) is 16.1 Å². The van der Waals surface area contributed by atoms with E-state index in [0.717, 1.165) is 16.8 Å². The van der Waals surface area contributed by atoms with Crippen LogP contribution in [0.1, 0.15) is 11.1 Å².